The number of rotatable bonds is 16. The van der Waals surface area contributed by atoms with Crippen molar-refractivity contribution in [3.63, 3.8) is 0 Å². The molecule has 0 unspecified atom stereocenters. The lowest BCUT2D eigenvalue weighted by Crippen LogP contribution is -2.58. The van der Waals surface area contributed by atoms with Crippen LogP contribution in [0, 0.1) is 77.9 Å². The van der Waals surface area contributed by atoms with E-state index in [1.165, 1.54) is 169 Å². The van der Waals surface area contributed by atoms with E-state index in [9.17, 15) is 0 Å². The molecule has 8 aromatic heterocycles. The van der Waals surface area contributed by atoms with E-state index in [2.05, 4.69) is 88.0 Å². The number of thiazole rings is 1. The van der Waals surface area contributed by atoms with Crippen LogP contribution in [-0.2, 0) is 26.2 Å². The van der Waals surface area contributed by atoms with Crippen molar-refractivity contribution in [1.29, 1.82) is 0 Å². The Morgan fingerprint density at radius 2 is 0.820 bits per heavy atom. The van der Waals surface area contributed by atoms with Gasteiger partial charge < -0.3 is 34.5 Å². The van der Waals surface area contributed by atoms with Crippen molar-refractivity contribution in [1.82, 2.24) is 46.4 Å². The molecule has 24 rings (SSSR count). The van der Waals surface area contributed by atoms with Gasteiger partial charge >= 0.3 is 0 Å². The average molecular weight is 1290 g/mol. The minimum Gasteiger partial charge on any atom is -0.444 e. The lowest BCUT2D eigenvalue weighted by molar-refractivity contribution is -0.0215. The maximum absolute atomic E-state index is 5.89. The number of hydrogen-bond acceptors (Lipinski definition) is 17. The fraction of sp³-hybridized carbons (Fsp3) is 0.625. The van der Waals surface area contributed by atoms with Crippen molar-refractivity contribution in [2.75, 3.05) is 0 Å². The summed E-state index contributed by atoms with van der Waals surface area (Å²) in [5, 5.41) is 33.5. The summed E-state index contributed by atoms with van der Waals surface area (Å²) < 4.78 is 17.3. The summed E-state index contributed by atoms with van der Waals surface area (Å²) in [6.07, 6.45) is 38.5. The van der Waals surface area contributed by atoms with E-state index in [-0.39, 0.29) is 0 Å². The second kappa shape index (κ2) is 24.3. The van der Waals surface area contributed by atoms with Gasteiger partial charge in [0, 0.05) is 52.9 Å². The summed E-state index contributed by atoms with van der Waals surface area (Å²) in [5.41, 5.74) is 3.73. The topological polar surface area (TPSA) is 152 Å². The normalized spacial score (nSPS) is 35.8. The first kappa shape index (κ1) is 58.6. The molecule has 4 N–H and O–H groups in total. The Bertz CT molecular complexity index is 3210. The number of aromatic nitrogens is 5. The van der Waals surface area contributed by atoms with Crippen LogP contribution >= 0.6 is 56.7 Å². The molecule has 0 amide bonds. The van der Waals surface area contributed by atoms with Gasteiger partial charge in [-0.3, -0.25) is 0 Å². The van der Waals surface area contributed by atoms with E-state index in [0.29, 0.717) is 34.6 Å². The van der Waals surface area contributed by atoms with Crippen molar-refractivity contribution in [2.24, 2.45) is 71.0 Å². The predicted octanol–water partition coefficient (Wildman–Crippen LogP) is 18.0. The number of oxazole rings is 2. The smallest absolute Gasteiger partial charge is 0.257 e. The molecule has 16 aliphatic carbocycles. The van der Waals surface area contributed by atoms with Crippen LogP contribution in [0.3, 0.4) is 0 Å². The highest BCUT2D eigenvalue weighted by atomic mass is 32.1. The Balaban J connectivity index is 0.0000000918. The summed E-state index contributed by atoms with van der Waals surface area (Å²) in [4.78, 5) is 20.0. The van der Waals surface area contributed by atoms with Crippen molar-refractivity contribution < 1.29 is 13.3 Å². The molecular weight excluding hydrogens is 1200 g/mol. The van der Waals surface area contributed by atoms with Gasteiger partial charge in [-0.05, 0) is 278 Å². The summed E-state index contributed by atoms with van der Waals surface area (Å²) in [5.74, 6) is 15.7. The average Bonchev–Trinajstić information content (AvgIpc) is 2.12. The summed E-state index contributed by atoms with van der Waals surface area (Å²) >= 11 is 8.64. The molecule has 0 saturated heterocycles. The van der Waals surface area contributed by atoms with Crippen LogP contribution in [0.5, 0.6) is 0 Å². The predicted molar refractivity (Wildman–Crippen MR) is 358 cm³/mol. The van der Waals surface area contributed by atoms with E-state index < -0.39 is 0 Å². The molecule has 0 aromatic carbocycles. The molecule has 16 fully saturated rings. The van der Waals surface area contributed by atoms with E-state index in [1.807, 2.05) is 54.2 Å². The Morgan fingerprint density at radius 1 is 0.427 bits per heavy atom. The fourth-order valence-corrected chi connectivity index (χ4v) is 25.7. The number of aryl methyl sites for hydroxylation is 1. The minimum absolute atomic E-state index is 0.353. The van der Waals surface area contributed by atoms with Gasteiger partial charge in [0.05, 0.1) is 37.4 Å². The molecule has 89 heavy (non-hydrogen) atoms. The lowest BCUT2D eigenvalue weighted by atomic mass is 9.53. The van der Waals surface area contributed by atoms with Gasteiger partial charge in [-0.2, -0.15) is 0 Å². The van der Waals surface area contributed by atoms with Crippen LogP contribution in [0.4, 0.5) is 0 Å². The summed E-state index contributed by atoms with van der Waals surface area (Å²) in [7, 11) is 0. The molecule has 0 atom stereocenters. The third kappa shape index (κ3) is 12.6. The Kier molecular flexibility index (Phi) is 16.0. The number of hydrogen-bond donors (Lipinski definition) is 4. The van der Waals surface area contributed by atoms with Gasteiger partial charge in [-0.25, -0.2) is 15.0 Å². The quantitative estimate of drug-likeness (QED) is 0.0729. The zero-order valence-corrected chi connectivity index (χ0v) is 55.9. The first-order chi connectivity index (χ1) is 43.5. The van der Waals surface area contributed by atoms with E-state index in [1.54, 1.807) is 45.3 Å². The maximum atomic E-state index is 5.89. The molecular formula is C72H89N9O3S5. The van der Waals surface area contributed by atoms with Gasteiger partial charge in [0.1, 0.15) is 17.0 Å². The van der Waals surface area contributed by atoms with Gasteiger partial charge in [0.2, 0.25) is 17.7 Å². The third-order valence-corrected chi connectivity index (χ3v) is 28.7. The fourth-order valence-electron chi connectivity index (χ4n) is 22.1. The second-order valence-corrected chi connectivity index (χ2v) is 35.8. The molecule has 17 heteroatoms. The van der Waals surface area contributed by atoms with Crippen molar-refractivity contribution in [3.8, 4) is 42.2 Å². The monoisotopic (exact) mass is 1290 g/mol. The van der Waals surface area contributed by atoms with Gasteiger partial charge in [0.15, 0.2) is 0 Å². The Labute approximate surface area is 545 Å². The van der Waals surface area contributed by atoms with Crippen LogP contribution < -0.4 is 21.3 Å². The highest BCUT2D eigenvalue weighted by molar-refractivity contribution is 7.21. The molecule has 16 bridgehead atoms. The van der Waals surface area contributed by atoms with Crippen molar-refractivity contribution in [2.45, 2.75) is 209 Å². The molecule has 16 aliphatic rings. The number of nitrogens with zero attached hydrogens (tertiary/aromatic N) is 5. The molecule has 0 radical (unpaired) electrons. The molecule has 8 aromatic rings. The van der Waals surface area contributed by atoms with Crippen LogP contribution in [0.25, 0.3) is 42.2 Å². The Hall–Kier alpha value is -4.17. The lowest BCUT2D eigenvalue weighted by Gasteiger charge is -2.57. The number of nitrogens with one attached hydrogen (secondary N) is 4. The van der Waals surface area contributed by atoms with Crippen molar-refractivity contribution >= 4 is 56.7 Å². The molecule has 470 valence electrons. The third-order valence-electron chi connectivity index (χ3n) is 24.1. The van der Waals surface area contributed by atoms with Gasteiger partial charge in [-0.15, -0.1) is 66.9 Å². The molecule has 8 heterocycles. The van der Waals surface area contributed by atoms with E-state index in [4.69, 9.17) is 18.2 Å². The molecule has 0 spiro atoms. The van der Waals surface area contributed by atoms with Crippen LogP contribution in [0.15, 0.2) is 95.8 Å². The first-order valence-electron chi connectivity index (χ1n) is 34.4. The Morgan fingerprint density at radius 3 is 1.26 bits per heavy atom. The molecule has 12 nitrogen and oxygen atoms in total. The largest absolute Gasteiger partial charge is 0.444 e. The molecule has 0 aliphatic heterocycles. The van der Waals surface area contributed by atoms with E-state index >= 15 is 0 Å². The highest BCUT2D eigenvalue weighted by Crippen LogP contribution is 2.59. The standard InChI is InChI=1S/C19H24N2OS.C18H22N2OS.C18H22N2S2.C17H21N3OS/c1-12-16(21-18(22-12)17-3-2-4-23-17)11-20-19-8-13-5-14(9-19)7-15(6-13)10-19;1-2-16(22-3-1)17-20-15(11-21-17)10-19-18-7-12-4-13(8-18)6-14(5-12)9-18;1-2-16(21-3-1)17-19-10-15(22-17)11-20-18-7-12-4-13(8-18)6-14(5-12)9-18;1-2-14(22-3-1)16-20-19-15(21-16)10-18-17-7-11-4-12(8-17)6-13(5-11)9-17/h2-4,13-15,20H,5-11H2,1H3;1-3,11-14,19H,4-10H2;1-3,10,12-14,20H,4-9,11H2;1-3,11-13,18H,4-10H2. The van der Waals surface area contributed by atoms with Crippen LogP contribution in [0.1, 0.15) is 182 Å². The van der Waals surface area contributed by atoms with E-state index in [0.717, 1.165) is 140 Å². The maximum Gasteiger partial charge on any atom is 0.257 e. The highest BCUT2D eigenvalue weighted by Gasteiger charge is 2.54. The second-order valence-electron chi connectivity index (χ2n) is 30.9. The first-order valence-corrected chi connectivity index (χ1v) is 38.7. The van der Waals surface area contributed by atoms with Gasteiger partial charge in [0.25, 0.3) is 5.89 Å². The number of thiophene rings is 4. The van der Waals surface area contributed by atoms with Crippen LogP contribution in [0.2, 0.25) is 0 Å². The zero-order chi connectivity index (χ0) is 59.2. The minimum atomic E-state index is 0.353. The zero-order valence-electron chi connectivity index (χ0n) is 51.8. The van der Waals surface area contributed by atoms with Gasteiger partial charge in [-0.1, -0.05) is 24.3 Å². The van der Waals surface area contributed by atoms with Crippen LogP contribution in [-0.4, -0.2) is 47.3 Å². The van der Waals surface area contributed by atoms with Crippen molar-refractivity contribution in [3.05, 3.63) is 110 Å². The SMILES string of the molecule is Cc1oc(-c2cccs2)nc1CNC12CC3CC(CC(C3)C1)C2.c1csc(-c2nc(CNC34CC5CC(CC(C5)C3)C4)co2)c1.c1csc(-c2ncc(CNC34CC5CC(CC(C5)C3)C4)s2)c1.c1csc(-c2nnc(CNC34CC5CC(CC(C5)C3)C4)o2)c1. The summed E-state index contributed by atoms with van der Waals surface area (Å²) in [6.45, 7) is 5.47. The summed E-state index contributed by atoms with van der Waals surface area (Å²) in [6, 6.07) is 16.5. The molecule has 16 saturated carbocycles.